The van der Waals surface area contributed by atoms with Crippen molar-refractivity contribution in [1.29, 1.82) is 0 Å². The third kappa shape index (κ3) is 16.6. The fourth-order valence-corrected chi connectivity index (χ4v) is 18.7. The van der Waals surface area contributed by atoms with Crippen molar-refractivity contribution in [3.63, 3.8) is 0 Å². The van der Waals surface area contributed by atoms with E-state index in [0.717, 1.165) is 77.3 Å². The lowest BCUT2D eigenvalue weighted by atomic mass is 10.1. The normalized spacial score (nSPS) is 15.3. The van der Waals surface area contributed by atoms with E-state index in [1.807, 2.05) is 72.8 Å². The van der Waals surface area contributed by atoms with Crippen molar-refractivity contribution in [3.05, 3.63) is 192 Å². The lowest BCUT2D eigenvalue weighted by molar-refractivity contribution is 0.102. The molecule has 596 valence electrons. The number of aromatic nitrogens is 6. The number of terminal acetylenes is 1. The summed E-state index contributed by atoms with van der Waals surface area (Å²) in [6.07, 6.45) is 19.5. The summed E-state index contributed by atoms with van der Waals surface area (Å²) in [6, 6.07) is 36.1. The van der Waals surface area contributed by atoms with E-state index < -0.39 is 18.1 Å². The topological polar surface area (TPSA) is 320 Å². The number of methoxy groups -OCH3 is 3. The van der Waals surface area contributed by atoms with Gasteiger partial charge < -0.3 is 56.7 Å². The first-order valence-electron chi connectivity index (χ1n) is 37.8. The minimum absolute atomic E-state index is 0.123. The number of carbonyl (C=O) groups excluding carboxylic acids is 6. The van der Waals surface area contributed by atoms with Crippen LogP contribution in [-0.4, -0.2) is 142 Å². The van der Waals surface area contributed by atoms with E-state index in [1.165, 1.54) is 139 Å². The molecule has 6 aromatic heterocycles. The van der Waals surface area contributed by atoms with E-state index in [0.29, 0.717) is 130 Å². The van der Waals surface area contributed by atoms with Crippen molar-refractivity contribution in [3.8, 4) is 29.6 Å². The van der Waals surface area contributed by atoms with Gasteiger partial charge in [0.05, 0.1) is 76.6 Å². The molecule has 28 nitrogen and oxygen atoms in total. The Balaban J connectivity index is 0.000000132. The lowest BCUT2D eigenvalue weighted by Crippen LogP contribution is -2.39. The van der Waals surface area contributed by atoms with E-state index in [-0.39, 0.29) is 45.7 Å². The van der Waals surface area contributed by atoms with Gasteiger partial charge in [-0.15, -0.1) is 40.4 Å². The standard InChI is InChI=1S/C29H29ClN6O5S.C28H25N7O2S.C26H22Cl2N6O2S/c1-39-19-13-18(21(30)24(41-3)23(19)40-2)36-26-20-22(34-29(36)38)25(42-28(20)32-15-31-26)27(37)33-17-9-7-16(8-10-17)14-35-11-5-4-6-12-35;1-2-17-4-3-5-21(14-17)35-25-22-23(34-28(35)37)24(38-27(22)32-16-31-25)26(36)33-20-8-6-18(7-9-20)15-30-19-10-12-29-13-11-19;27-16-6-9-19(18(28)12-16)34-23-20-21(32-26(34)36)22(37-25(20)30-14-29-23)24(35)31-17-7-4-15(5-8-17)13-33-10-2-1-3-11-33/h7-10,13,15H,4-6,11-12,14H2,1-3H3,(H,33,37)(H,34,38);1,3-9,14,16,19,29-30H,10-13,15H2,(H,33,36)(H,34,37);4-9,12,14H,1-3,10-11,13H2,(H,31,35)(H,32,36). The van der Waals surface area contributed by atoms with Gasteiger partial charge >= 0.3 is 18.1 Å². The van der Waals surface area contributed by atoms with Crippen LogP contribution in [0.3, 0.4) is 0 Å². The van der Waals surface area contributed by atoms with Crippen molar-refractivity contribution in [2.45, 2.75) is 77.0 Å². The van der Waals surface area contributed by atoms with Crippen molar-refractivity contribution >= 4 is 204 Å². The molecule has 0 bridgehead atoms. The quantitative estimate of drug-likeness (QED) is 0.0349. The fourth-order valence-electron chi connectivity index (χ4n) is 14.9. The van der Waals surface area contributed by atoms with Crippen LogP contribution in [0.15, 0.2) is 140 Å². The second kappa shape index (κ2) is 35.0. The monoisotopic (exact) mass is 1680 g/mol. The number of benzene rings is 6. The molecule has 12 aromatic rings. The van der Waals surface area contributed by atoms with Crippen LogP contribution in [0.25, 0.3) is 30.6 Å². The Hall–Kier alpha value is -11.7. The summed E-state index contributed by atoms with van der Waals surface area (Å²) in [7, 11) is 4.38. The highest BCUT2D eigenvalue weighted by molar-refractivity contribution is 7.22. The summed E-state index contributed by atoms with van der Waals surface area (Å²) in [5.41, 5.74) is 8.63. The minimum atomic E-state index is -0.562. The van der Waals surface area contributed by atoms with Gasteiger partial charge in [0.1, 0.15) is 53.1 Å². The van der Waals surface area contributed by atoms with Crippen molar-refractivity contribution in [2.24, 2.45) is 0 Å². The molecule has 18 rings (SSSR count). The van der Waals surface area contributed by atoms with Crippen LogP contribution in [-0.2, 0) is 19.6 Å². The molecule has 6 aliphatic heterocycles. The van der Waals surface area contributed by atoms with Gasteiger partial charge in [-0.3, -0.25) is 24.2 Å². The van der Waals surface area contributed by atoms with Gasteiger partial charge in [-0.1, -0.05) is 96.0 Å². The van der Waals surface area contributed by atoms with Crippen molar-refractivity contribution in [2.75, 3.05) is 107 Å². The molecule has 6 aromatic carbocycles. The zero-order valence-corrected chi connectivity index (χ0v) is 68.1. The van der Waals surface area contributed by atoms with Gasteiger partial charge in [0.15, 0.2) is 29.0 Å². The Labute approximate surface area is 698 Å². The molecule has 0 saturated carbocycles. The predicted molar refractivity (Wildman–Crippen MR) is 462 cm³/mol. The molecule has 0 atom stereocenters. The number of carbonyl (C=O) groups is 6. The zero-order valence-electron chi connectivity index (χ0n) is 63.4. The number of nitrogens with zero attached hydrogens (tertiary/aromatic N) is 11. The number of thiophene rings is 3. The maximum atomic E-state index is 13.6. The fraction of sp³-hybridized carbons (Fsp3) is 0.253. The number of piperidine rings is 3. The summed E-state index contributed by atoms with van der Waals surface area (Å²) >= 11 is 22.7. The molecule has 0 aliphatic carbocycles. The van der Waals surface area contributed by atoms with Gasteiger partial charge in [-0.2, -0.15) is 0 Å². The molecule has 0 unspecified atom stereocenters. The maximum Gasteiger partial charge on any atom is 0.332 e. The number of anilines is 12. The Morgan fingerprint density at radius 1 is 0.513 bits per heavy atom. The molecule has 3 saturated heterocycles. The van der Waals surface area contributed by atoms with Crippen LogP contribution in [0.4, 0.5) is 83.0 Å². The number of nitrogens with one attached hydrogen (secondary N) is 8. The molecule has 0 spiro atoms. The first kappa shape index (κ1) is 79.2. The van der Waals surface area contributed by atoms with E-state index in [9.17, 15) is 28.8 Å². The number of hydrogen-bond donors (Lipinski definition) is 8. The lowest BCUT2D eigenvalue weighted by Gasteiger charge is -2.29. The Bertz CT molecular complexity index is 5890. The average molecular weight is 1690 g/mol. The number of hydrogen-bond acceptors (Lipinski definition) is 22. The summed E-state index contributed by atoms with van der Waals surface area (Å²) in [5, 5.41) is 27.0. The van der Waals surface area contributed by atoms with Gasteiger partial charge in [-0.05, 0) is 167 Å². The smallest absolute Gasteiger partial charge is 0.332 e. The van der Waals surface area contributed by atoms with E-state index in [1.54, 1.807) is 48.5 Å². The summed E-state index contributed by atoms with van der Waals surface area (Å²) in [4.78, 5) is 118. The van der Waals surface area contributed by atoms with E-state index in [2.05, 4.69) is 88.2 Å². The van der Waals surface area contributed by atoms with E-state index >= 15 is 0 Å². The Morgan fingerprint density at radius 2 is 0.957 bits per heavy atom. The van der Waals surface area contributed by atoms with Gasteiger partial charge in [0.2, 0.25) is 5.75 Å². The number of halogens is 3. The predicted octanol–water partition coefficient (Wildman–Crippen LogP) is 17.7. The summed E-state index contributed by atoms with van der Waals surface area (Å²) < 4.78 is 16.4. The second-order valence-electron chi connectivity index (χ2n) is 28.1. The second-order valence-corrected chi connectivity index (χ2v) is 32.4. The summed E-state index contributed by atoms with van der Waals surface area (Å²) in [5.74, 6) is 3.40. The molecule has 8 N–H and O–H groups in total. The van der Waals surface area contributed by atoms with Gasteiger partial charge in [0, 0.05) is 59.4 Å². The van der Waals surface area contributed by atoms with Crippen LogP contribution in [0.1, 0.15) is 103 Å². The molecule has 117 heavy (non-hydrogen) atoms. The molecule has 9 amide bonds. The number of ether oxygens (including phenoxy) is 3. The number of rotatable bonds is 19. The number of urea groups is 3. The van der Waals surface area contributed by atoms with Crippen LogP contribution < -0.4 is 71.4 Å². The van der Waals surface area contributed by atoms with E-state index in [4.69, 9.17) is 55.4 Å². The first-order valence-corrected chi connectivity index (χ1v) is 41.4. The van der Waals surface area contributed by atoms with Crippen LogP contribution >= 0.6 is 68.8 Å². The SMILES string of the molecule is C#Cc1cccc(N2C(=O)Nc3c(C(=O)Nc4ccc(CNC5CCNCC5)cc4)sc4ncnc2c34)c1.COc1cc(N2C(=O)Nc3c(C(=O)Nc4ccc(CN5CCCCC5)cc4)sc4ncnc2c34)c(Cl)c(OC)c1OC.O=C(Nc1ccc(CN2CCCCC2)cc1)c1sc2ncnc3c2c1NC(=O)N3c1ccc(Cl)cc1Cl. The van der Waals surface area contributed by atoms with Gasteiger partial charge in [0.25, 0.3) is 17.7 Å². The largest absolute Gasteiger partial charge is 0.493 e. The summed E-state index contributed by atoms with van der Waals surface area (Å²) in [6.45, 7) is 9.19. The Kier molecular flexibility index (Phi) is 23.7. The molecule has 3 fully saturated rings. The van der Waals surface area contributed by atoms with Crippen LogP contribution in [0, 0.1) is 12.3 Å². The number of likely N-dealkylation sites (tertiary alicyclic amines) is 2. The molecule has 12 heterocycles. The van der Waals surface area contributed by atoms with Gasteiger partial charge in [-0.25, -0.2) is 59.0 Å². The van der Waals surface area contributed by atoms with Crippen LogP contribution in [0.5, 0.6) is 17.2 Å². The molecule has 34 heteroatoms. The van der Waals surface area contributed by atoms with Crippen LogP contribution in [0.2, 0.25) is 15.1 Å². The molecule has 0 radical (unpaired) electrons. The van der Waals surface area contributed by atoms with Crippen molar-refractivity contribution in [1.82, 2.24) is 50.3 Å². The third-order valence-corrected chi connectivity index (χ3v) is 24.8. The highest BCUT2D eigenvalue weighted by Crippen LogP contribution is 2.53. The third-order valence-electron chi connectivity index (χ3n) is 20.7. The van der Waals surface area contributed by atoms with Crippen molar-refractivity contribution < 1.29 is 43.0 Å². The highest BCUT2D eigenvalue weighted by Gasteiger charge is 2.40. The molecular formula is C83H76Cl3N19O9S3. The molecule has 6 aliphatic rings. The first-order chi connectivity index (χ1) is 57.0. The number of amides is 9. The Morgan fingerprint density at radius 3 is 1.40 bits per heavy atom. The zero-order chi connectivity index (χ0) is 81.0. The molecular weight excluding hydrogens is 1610 g/mol. The minimum Gasteiger partial charge on any atom is -0.493 e. The highest BCUT2D eigenvalue weighted by atomic mass is 35.5. The maximum absolute atomic E-state index is 13.6. The average Bonchev–Trinajstić information content (AvgIpc) is 1.27.